The maximum absolute atomic E-state index is 14.0. The van der Waals surface area contributed by atoms with Crippen molar-refractivity contribution in [3.8, 4) is 5.75 Å². The van der Waals surface area contributed by atoms with Crippen LogP contribution < -0.4 is 5.73 Å². The number of fused-ring (bicyclic) bond motifs is 4. The van der Waals surface area contributed by atoms with E-state index >= 15 is 0 Å². The third kappa shape index (κ3) is 3.02. The molecule has 3 aliphatic carbocycles. The molecule has 9 nitrogen and oxygen atoms in total. The van der Waals surface area contributed by atoms with Gasteiger partial charge in [0, 0.05) is 41.3 Å². The smallest absolute Gasteiger partial charge is 0.255 e. The van der Waals surface area contributed by atoms with Crippen LogP contribution in [0, 0.1) is 18.8 Å². The van der Waals surface area contributed by atoms with Gasteiger partial charge in [-0.25, -0.2) is 0 Å². The number of benzene rings is 2. The molecule has 0 radical (unpaired) electrons. The van der Waals surface area contributed by atoms with Gasteiger partial charge in [0.05, 0.1) is 5.56 Å². The van der Waals surface area contributed by atoms with Gasteiger partial charge in [-0.15, -0.1) is 0 Å². The zero-order chi connectivity index (χ0) is 27.1. The van der Waals surface area contributed by atoms with E-state index in [1.165, 1.54) is 6.20 Å². The zero-order valence-electron chi connectivity index (χ0n) is 20.3. The summed E-state index contributed by atoms with van der Waals surface area (Å²) in [7, 11) is 0. The predicted molar refractivity (Wildman–Crippen MR) is 136 cm³/mol. The highest BCUT2D eigenvalue weighted by molar-refractivity contribution is 6.23. The normalized spacial score (nSPS) is 26.7. The average molecular weight is 513 g/mol. The molecule has 6 rings (SSSR count). The number of aliphatic hydroxyl groups excluding tert-OH is 2. The second-order valence-corrected chi connectivity index (χ2v) is 10.3. The van der Waals surface area contributed by atoms with Crippen LogP contribution in [0.3, 0.4) is 0 Å². The monoisotopic (exact) mass is 512 g/mol. The van der Waals surface area contributed by atoms with Crippen LogP contribution in [0.25, 0.3) is 16.7 Å². The number of ketones is 2. The highest BCUT2D eigenvalue weighted by Gasteiger charge is 2.61. The number of aliphatic hydroxyl groups is 3. The van der Waals surface area contributed by atoms with E-state index < -0.39 is 57.9 Å². The Morgan fingerprint density at radius 3 is 2.50 bits per heavy atom. The summed E-state index contributed by atoms with van der Waals surface area (Å²) in [6.45, 7) is 1.93. The Hall–Kier alpha value is -4.50. The molecule has 192 valence electrons. The summed E-state index contributed by atoms with van der Waals surface area (Å²) in [5.74, 6) is -7.32. The maximum Gasteiger partial charge on any atom is 0.255 e. The molecule has 38 heavy (non-hydrogen) atoms. The van der Waals surface area contributed by atoms with Crippen LogP contribution in [0.1, 0.15) is 41.0 Å². The first-order valence-corrected chi connectivity index (χ1v) is 12.2. The number of nitrogens with zero attached hydrogens (tertiary/aromatic N) is 1. The van der Waals surface area contributed by atoms with Crippen molar-refractivity contribution in [1.82, 2.24) is 4.98 Å². The lowest BCUT2D eigenvalue weighted by Gasteiger charge is -2.48. The number of aromatic hydroxyl groups is 1. The fraction of sp³-hybridized carbons (Fsp3) is 0.241. The standard InChI is InChI=1S/C29H24N2O7/c1-12-4-6-13(7-5-12)19-16-9-14-3-2-8-31-23(14)25(34)20(16)24(33)21-17(19)10-15-11-18(32)22(28(30)37)27(36)29(15,38)26(21)35/h2-9,15,17,19,33-34,36,38H,10-11H2,1H3,(H2,30,37)/t15-,17?,19-,29-/m0/s1. The van der Waals surface area contributed by atoms with E-state index in [1.54, 1.807) is 12.1 Å². The number of carbonyl (C=O) groups is 3. The molecule has 2 aromatic carbocycles. The molecule has 0 aliphatic heterocycles. The molecule has 0 spiro atoms. The SMILES string of the molecule is Cc1ccc([C@H]2c3cc4cccnc4c(O)c3C(O)=C3C(=O)[C@]4(O)C(O)=C(C(N)=O)C(=O)C[C@@H]4CC32)cc1. The second kappa shape index (κ2) is 8.00. The summed E-state index contributed by atoms with van der Waals surface area (Å²) in [4.78, 5) is 42.8. The van der Waals surface area contributed by atoms with Gasteiger partial charge in [-0.05, 0) is 36.6 Å². The van der Waals surface area contributed by atoms with Crippen molar-refractivity contribution in [1.29, 1.82) is 0 Å². The Bertz CT molecular complexity index is 1650. The number of hydrogen-bond donors (Lipinski definition) is 5. The van der Waals surface area contributed by atoms with Crippen LogP contribution in [-0.2, 0) is 14.4 Å². The molecule has 1 fully saturated rings. The number of Topliss-reactive ketones (excluding diaryl/α,β-unsaturated/α-hetero) is 2. The van der Waals surface area contributed by atoms with Crippen LogP contribution in [0.2, 0.25) is 0 Å². The van der Waals surface area contributed by atoms with Crippen LogP contribution in [0.4, 0.5) is 0 Å². The fourth-order valence-electron chi connectivity index (χ4n) is 6.43. The van der Waals surface area contributed by atoms with E-state index in [2.05, 4.69) is 4.98 Å². The number of aromatic nitrogens is 1. The fourth-order valence-corrected chi connectivity index (χ4v) is 6.43. The summed E-state index contributed by atoms with van der Waals surface area (Å²) in [5, 5.41) is 45.8. The number of carbonyl (C=O) groups excluding carboxylic acids is 3. The predicted octanol–water partition coefficient (Wildman–Crippen LogP) is 2.87. The number of rotatable bonds is 2. The number of hydrogen-bond acceptors (Lipinski definition) is 8. The largest absolute Gasteiger partial charge is 0.508 e. The number of pyridine rings is 1. The molecule has 3 aromatic rings. The van der Waals surface area contributed by atoms with E-state index in [0.717, 1.165) is 11.1 Å². The van der Waals surface area contributed by atoms with Gasteiger partial charge in [0.2, 0.25) is 5.78 Å². The number of primary amides is 1. The van der Waals surface area contributed by atoms with Crippen molar-refractivity contribution in [3.63, 3.8) is 0 Å². The second-order valence-electron chi connectivity index (χ2n) is 10.3. The molecular formula is C29H24N2O7. The van der Waals surface area contributed by atoms with E-state index in [1.807, 2.05) is 37.3 Å². The minimum atomic E-state index is -2.63. The highest BCUT2D eigenvalue weighted by atomic mass is 16.3. The van der Waals surface area contributed by atoms with Gasteiger partial charge in [0.1, 0.15) is 22.6 Å². The van der Waals surface area contributed by atoms with Crippen molar-refractivity contribution in [2.75, 3.05) is 0 Å². The molecule has 1 saturated carbocycles. The number of nitrogens with two attached hydrogens (primary N) is 1. The summed E-state index contributed by atoms with van der Waals surface area (Å²) in [6, 6.07) is 12.9. The van der Waals surface area contributed by atoms with Gasteiger partial charge in [0.15, 0.2) is 17.1 Å². The Morgan fingerprint density at radius 2 is 1.82 bits per heavy atom. The Balaban J connectivity index is 1.66. The molecule has 1 heterocycles. The quantitative estimate of drug-likeness (QED) is 0.326. The van der Waals surface area contributed by atoms with Gasteiger partial charge >= 0.3 is 0 Å². The number of amides is 1. The van der Waals surface area contributed by atoms with Gasteiger partial charge in [-0.2, -0.15) is 0 Å². The Labute approximate surface area is 216 Å². The molecule has 1 aromatic heterocycles. The van der Waals surface area contributed by atoms with Crippen LogP contribution in [-0.4, -0.2) is 48.5 Å². The molecule has 9 heteroatoms. The maximum atomic E-state index is 14.0. The van der Waals surface area contributed by atoms with Crippen molar-refractivity contribution >= 4 is 34.1 Å². The Morgan fingerprint density at radius 1 is 1.11 bits per heavy atom. The lowest BCUT2D eigenvalue weighted by Crippen LogP contribution is -2.58. The molecule has 4 atom stereocenters. The van der Waals surface area contributed by atoms with Crippen molar-refractivity contribution in [2.24, 2.45) is 17.6 Å². The first-order chi connectivity index (χ1) is 18.1. The first kappa shape index (κ1) is 23.9. The van der Waals surface area contributed by atoms with Crippen molar-refractivity contribution < 1.29 is 34.8 Å². The first-order valence-electron chi connectivity index (χ1n) is 12.2. The van der Waals surface area contributed by atoms with Crippen LogP contribution >= 0.6 is 0 Å². The third-order valence-corrected chi connectivity index (χ3v) is 8.21. The van der Waals surface area contributed by atoms with E-state index in [0.29, 0.717) is 10.9 Å². The van der Waals surface area contributed by atoms with Crippen molar-refractivity contribution in [2.45, 2.75) is 31.3 Å². The highest BCUT2D eigenvalue weighted by Crippen LogP contribution is 2.57. The molecule has 1 amide bonds. The average Bonchev–Trinajstić information content (AvgIpc) is 2.87. The topological polar surface area (TPSA) is 171 Å². The number of aryl methyl sites for hydroxylation is 1. The van der Waals surface area contributed by atoms with E-state index in [-0.39, 0.29) is 35.2 Å². The summed E-state index contributed by atoms with van der Waals surface area (Å²) < 4.78 is 0. The lowest BCUT2D eigenvalue weighted by atomic mass is 9.56. The van der Waals surface area contributed by atoms with Gasteiger partial charge < -0.3 is 26.2 Å². The number of phenolic OH excluding ortho intramolecular Hbond substituents is 1. The van der Waals surface area contributed by atoms with Gasteiger partial charge in [0.25, 0.3) is 5.91 Å². The zero-order valence-corrected chi connectivity index (χ0v) is 20.3. The van der Waals surface area contributed by atoms with E-state index in [9.17, 15) is 34.8 Å². The molecular weight excluding hydrogens is 488 g/mol. The minimum Gasteiger partial charge on any atom is -0.508 e. The molecule has 1 unspecified atom stereocenters. The summed E-state index contributed by atoms with van der Waals surface area (Å²) in [6.07, 6.45) is 1.15. The minimum absolute atomic E-state index is 0.00825. The van der Waals surface area contributed by atoms with Crippen LogP contribution in [0.15, 0.2) is 65.6 Å². The molecule has 0 saturated heterocycles. The number of phenols is 1. The summed E-state index contributed by atoms with van der Waals surface area (Å²) in [5.41, 5.74) is 4.24. The molecule has 0 bridgehead atoms. The van der Waals surface area contributed by atoms with E-state index in [4.69, 9.17) is 5.73 Å². The van der Waals surface area contributed by atoms with Crippen molar-refractivity contribution in [3.05, 3.63) is 87.8 Å². The molecule has 3 aliphatic rings. The van der Waals surface area contributed by atoms with Gasteiger partial charge in [-0.1, -0.05) is 35.9 Å². The van der Waals surface area contributed by atoms with Crippen LogP contribution in [0.5, 0.6) is 5.75 Å². The third-order valence-electron chi connectivity index (χ3n) is 8.21. The molecule has 6 N–H and O–H groups in total. The lowest BCUT2D eigenvalue weighted by molar-refractivity contribution is -0.147. The Kier molecular flexibility index (Phi) is 5.02. The summed E-state index contributed by atoms with van der Waals surface area (Å²) >= 11 is 0. The van der Waals surface area contributed by atoms with Gasteiger partial charge in [-0.3, -0.25) is 19.4 Å².